The van der Waals surface area contributed by atoms with E-state index in [4.69, 9.17) is 5.73 Å². The Labute approximate surface area is 121 Å². The maximum atomic E-state index is 6.19. The molecule has 0 radical (unpaired) electrons. The Hall–Kier alpha value is -1.94. The number of nitrogens with two attached hydrogens (primary N) is 1. The summed E-state index contributed by atoms with van der Waals surface area (Å²) in [5.74, 6) is 2.30. The molecule has 0 atom stereocenters. The first kappa shape index (κ1) is 11.9. The second-order valence-electron chi connectivity index (χ2n) is 5.37. The van der Waals surface area contributed by atoms with Gasteiger partial charge < -0.3 is 5.73 Å². The van der Waals surface area contributed by atoms with Gasteiger partial charge in [0.15, 0.2) is 0 Å². The molecular formula is C16H15N3S. The van der Waals surface area contributed by atoms with Crippen LogP contribution in [-0.2, 0) is 6.42 Å². The predicted molar refractivity (Wildman–Crippen MR) is 83.7 cm³/mol. The first-order valence-corrected chi connectivity index (χ1v) is 7.78. The highest BCUT2D eigenvalue weighted by Crippen LogP contribution is 2.37. The average molecular weight is 281 g/mol. The molecule has 4 rings (SSSR count). The summed E-state index contributed by atoms with van der Waals surface area (Å²) in [7, 11) is 0. The van der Waals surface area contributed by atoms with Gasteiger partial charge in [0, 0.05) is 17.4 Å². The highest BCUT2D eigenvalue weighted by molar-refractivity contribution is 7.17. The molecule has 3 aromatic rings. The molecule has 1 fully saturated rings. The van der Waals surface area contributed by atoms with E-state index in [2.05, 4.69) is 27.5 Å². The van der Waals surface area contributed by atoms with Gasteiger partial charge in [0.05, 0.1) is 5.39 Å². The van der Waals surface area contributed by atoms with Crippen molar-refractivity contribution in [3.63, 3.8) is 0 Å². The zero-order valence-electron chi connectivity index (χ0n) is 11.0. The van der Waals surface area contributed by atoms with Crippen LogP contribution in [0.15, 0.2) is 35.7 Å². The van der Waals surface area contributed by atoms with Crippen LogP contribution in [0.25, 0.3) is 21.3 Å². The maximum absolute atomic E-state index is 6.19. The zero-order valence-corrected chi connectivity index (χ0v) is 11.9. The number of rotatable bonds is 3. The van der Waals surface area contributed by atoms with Crippen LogP contribution >= 0.6 is 11.3 Å². The number of fused-ring (bicyclic) bond motifs is 1. The summed E-state index contributed by atoms with van der Waals surface area (Å²) in [6.07, 6.45) is 3.58. The molecule has 0 bridgehead atoms. The third kappa shape index (κ3) is 2.06. The molecule has 2 N–H and O–H groups in total. The normalized spacial score (nSPS) is 14.8. The first-order valence-electron chi connectivity index (χ1n) is 6.90. The quantitative estimate of drug-likeness (QED) is 0.792. The summed E-state index contributed by atoms with van der Waals surface area (Å²) < 4.78 is 0. The molecule has 2 aromatic heterocycles. The van der Waals surface area contributed by atoms with Crippen molar-refractivity contribution >= 4 is 27.4 Å². The van der Waals surface area contributed by atoms with E-state index in [0.29, 0.717) is 5.82 Å². The van der Waals surface area contributed by atoms with Crippen molar-refractivity contribution in [3.8, 4) is 11.1 Å². The fourth-order valence-electron chi connectivity index (χ4n) is 2.52. The summed E-state index contributed by atoms with van der Waals surface area (Å²) >= 11 is 1.65. The van der Waals surface area contributed by atoms with E-state index in [1.54, 1.807) is 11.3 Å². The van der Waals surface area contributed by atoms with Crippen LogP contribution in [0.3, 0.4) is 0 Å². The summed E-state index contributed by atoms with van der Waals surface area (Å²) in [5.41, 5.74) is 8.50. The number of hydrogen-bond acceptors (Lipinski definition) is 4. The van der Waals surface area contributed by atoms with E-state index in [0.717, 1.165) is 33.9 Å². The Balaban J connectivity index is 1.84. The van der Waals surface area contributed by atoms with Gasteiger partial charge in [-0.05, 0) is 24.3 Å². The lowest BCUT2D eigenvalue weighted by Gasteiger charge is -2.04. The fourth-order valence-corrected chi connectivity index (χ4v) is 3.49. The van der Waals surface area contributed by atoms with Crippen molar-refractivity contribution in [2.24, 2.45) is 5.92 Å². The summed E-state index contributed by atoms with van der Waals surface area (Å²) in [6.45, 7) is 0. The molecule has 1 aliphatic rings. The van der Waals surface area contributed by atoms with Crippen LogP contribution in [0.5, 0.6) is 0 Å². The lowest BCUT2D eigenvalue weighted by molar-refractivity contribution is 0.779. The first-order chi connectivity index (χ1) is 9.81. The summed E-state index contributed by atoms with van der Waals surface area (Å²) in [6, 6.07) is 10.3. The number of benzene rings is 1. The molecule has 0 unspecified atom stereocenters. The van der Waals surface area contributed by atoms with Crippen LogP contribution < -0.4 is 5.73 Å². The molecule has 100 valence electrons. The molecule has 0 aliphatic heterocycles. The Morgan fingerprint density at radius 1 is 1.15 bits per heavy atom. The van der Waals surface area contributed by atoms with Crippen molar-refractivity contribution < 1.29 is 0 Å². The molecule has 1 saturated carbocycles. The van der Waals surface area contributed by atoms with Crippen LogP contribution in [0.4, 0.5) is 5.82 Å². The lowest BCUT2D eigenvalue weighted by atomic mass is 10.1. The van der Waals surface area contributed by atoms with Gasteiger partial charge in [-0.1, -0.05) is 30.3 Å². The van der Waals surface area contributed by atoms with Crippen LogP contribution in [0, 0.1) is 5.92 Å². The largest absolute Gasteiger partial charge is 0.383 e. The SMILES string of the molecule is Nc1nc(CC2CC2)nc2scc(-c3ccccc3)c12. The Morgan fingerprint density at radius 3 is 2.70 bits per heavy atom. The third-order valence-electron chi connectivity index (χ3n) is 3.76. The smallest absolute Gasteiger partial charge is 0.136 e. The fraction of sp³-hybridized carbons (Fsp3) is 0.250. The van der Waals surface area contributed by atoms with Gasteiger partial charge in [-0.2, -0.15) is 0 Å². The van der Waals surface area contributed by atoms with Crippen molar-refractivity contribution in [1.82, 2.24) is 9.97 Å². The number of nitrogens with zero attached hydrogens (tertiary/aromatic N) is 2. The van der Waals surface area contributed by atoms with E-state index in [1.807, 2.05) is 18.2 Å². The highest BCUT2D eigenvalue weighted by atomic mass is 32.1. The molecule has 4 heteroatoms. The molecule has 2 heterocycles. The minimum atomic E-state index is 0.616. The third-order valence-corrected chi connectivity index (χ3v) is 4.63. The van der Waals surface area contributed by atoms with E-state index < -0.39 is 0 Å². The molecule has 20 heavy (non-hydrogen) atoms. The molecule has 3 nitrogen and oxygen atoms in total. The monoisotopic (exact) mass is 281 g/mol. The lowest BCUT2D eigenvalue weighted by Crippen LogP contribution is -2.01. The second kappa shape index (κ2) is 4.56. The minimum absolute atomic E-state index is 0.616. The minimum Gasteiger partial charge on any atom is -0.383 e. The molecule has 0 spiro atoms. The van der Waals surface area contributed by atoms with Gasteiger partial charge in [-0.3, -0.25) is 0 Å². The number of hydrogen-bond donors (Lipinski definition) is 1. The van der Waals surface area contributed by atoms with Gasteiger partial charge in [-0.15, -0.1) is 11.3 Å². The molecule has 1 aliphatic carbocycles. The number of aromatic nitrogens is 2. The van der Waals surface area contributed by atoms with E-state index in [9.17, 15) is 0 Å². The molecule has 1 aromatic carbocycles. The van der Waals surface area contributed by atoms with Crippen molar-refractivity contribution in [3.05, 3.63) is 41.5 Å². The van der Waals surface area contributed by atoms with Crippen molar-refractivity contribution in [2.75, 3.05) is 5.73 Å². The van der Waals surface area contributed by atoms with Crippen LogP contribution in [-0.4, -0.2) is 9.97 Å². The zero-order chi connectivity index (χ0) is 13.5. The van der Waals surface area contributed by atoms with Crippen LogP contribution in [0.2, 0.25) is 0 Å². The second-order valence-corrected chi connectivity index (χ2v) is 6.23. The number of anilines is 1. The van der Waals surface area contributed by atoms with Gasteiger partial charge >= 0.3 is 0 Å². The van der Waals surface area contributed by atoms with E-state index in [1.165, 1.54) is 18.4 Å². The van der Waals surface area contributed by atoms with Gasteiger partial charge in [0.2, 0.25) is 0 Å². The summed E-state index contributed by atoms with van der Waals surface area (Å²) in [5, 5.41) is 3.13. The Kier molecular flexibility index (Phi) is 2.70. The van der Waals surface area contributed by atoms with Gasteiger partial charge in [0.25, 0.3) is 0 Å². The van der Waals surface area contributed by atoms with Gasteiger partial charge in [-0.25, -0.2) is 9.97 Å². The predicted octanol–water partition coefficient (Wildman–Crippen LogP) is 3.89. The van der Waals surface area contributed by atoms with E-state index >= 15 is 0 Å². The number of thiophene rings is 1. The maximum Gasteiger partial charge on any atom is 0.136 e. The Morgan fingerprint density at radius 2 is 1.95 bits per heavy atom. The standard InChI is InChI=1S/C16H15N3S/c17-15-14-12(11-4-2-1-3-5-11)9-20-16(14)19-13(18-15)8-10-6-7-10/h1-5,9-10H,6-8H2,(H2,17,18,19). The molecular weight excluding hydrogens is 266 g/mol. The van der Waals surface area contributed by atoms with Crippen molar-refractivity contribution in [2.45, 2.75) is 19.3 Å². The average Bonchev–Trinajstić information content (AvgIpc) is 3.16. The molecule has 0 saturated heterocycles. The van der Waals surface area contributed by atoms with Gasteiger partial charge in [0.1, 0.15) is 16.5 Å². The van der Waals surface area contributed by atoms with Crippen LogP contribution in [0.1, 0.15) is 18.7 Å². The van der Waals surface area contributed by atoms with E-state index in [-0.39, 0.29) is 0 Å². The van der Waals surface area contributed by atoms with Crippen molar-refractivity contribution in [1.29, 1.82) is 0 Å². The summed E-state index contributed by atoms with van der Waals surface area (Å²) in [4.78, 5) is 10.2. The molecule has 0 amide bonds. The Bertz CT molecular complexity index is 760. The number of nitrogen functional groups attached to an aromatic ring is 1. The highest BCUT2D eigenvalue weighted by Gasteiger charge is 2.23. The topological polar surface area (TPSA) is 51.8 Å².